The summed E-state index contributed by atoms with van der Waals surface area (Å²) >= 11 is 0. The van der Waals surface area contributed by atoms with Crippen molar-refractivity contribution in [2.75, 3.05) is 20.7 Å². The van der Waals surface area contributed by atoms with E-state index in [1.54, 1.807) is 48.7 Å². The van der Waals surface area contributed by atoms with Crippen LogP contribution in [0, 0.1) is 23.7 Å². The first-order valence-electron chi connectivity index (χ1n) is 18.2. The zero-order chi connectivity index (χ0) is 38.9. The van der Waals surface area contributed by atoms with Gasteiger partial charge in [0.15, 0.2) is 17.9 Å². The fourth-order valence-electron chi connectivity index (χ4n) is 8.30. The molecular formula is C37H60FN2O11+. The molecule has 0 unspecified atom stereocenters. The number of esters is 1. The van der Waals surface area contributed by atoms with Crippen LogP contribution in [0.4, 0.5) is 9.18 Å². The molecule has 12 atom stereocenters. The van der Waals surface area contributed by atoms with Gasteiger partial charge in [0, 0.05) is 36.8 Å². The van der Waals surface area contributed by atoms with E-state index in [0.29, 0.717) is 12.1 Å². The van der Waals surface area contributed by atoms with Gasteiger partial charge in [0.25, 0.3) is 5.67 Å². The summed E-state index contributed by atoms with van der Waals surface area (Å²) in [5.41, 5.74) is -6.11. The molecule has 0 aromatic heterocycles. The monoisotopic (exact) mass is 727 g/mol. The summed E-state index contributed by atoms with van der Waals surface area (Å²) in [4.78, 5) is 71.0. The molecule has 3 rings (SSSR count). The molecule has 2 bridgehead atoms. The smallest absolute Gasteiger partial charge is 0.457 e. The number of fused-ring (bicyclic) bond motifs is 5. The number of alkyl halides is 1. The van der Waals surface area contributed by atoms with Crippen molar-refractivity contribution >= 4 is 35.2 Å². The van der Waals surface area contributed by atoms with Gasteiger partial charge in [0.2, 0.25) is 5.91 Å². The summed E-state index contributed by atoms with van der Waals surface area (Å²) < 4.78 is 41.1. The van der Waals surface area contributed by atoms with Gasteiger partial charge in [-0.1, -0.05) is 34.6 Å². The largest absolute Gasteiger partial charge is 0.513 e. The van der Waals surface area contributed by atoms with Crippen molar-refractivity contribution in [2.45, 2.75) is 155 Å². The molecule has 3 fully saturated rings. The van der Waals surface area contributed by atoms with Crippen LogP contribution in [0.25, 0.3) is 0 Å². The minimum Gasteiger partial charge on any atom is -0.457 e. The van der Waals surface area contributed by atoms with Crippen LogP contribution in [0.2, 0.25) is 0 Å². The highest BCUT2D eigenvalue weighted by Gasteiger charge is 2.56. The molecule has 0 aliphatic carbocycles. The number of hydrogen-bond acceptors (Lipinski definition) is 10. The van der Waals surface area contributed by atoms with Gasteiger partial charge < -0.3 is 29.2 Å². The van der Waals surface area contributed by atoms with Crippen molar-refractivity contribution in [3.05, 3.63) is 0 Å². The lowest BCUT2D eigenvalue weighted by Crippen LogP contribution is -2.60. The molecule has 3 aliphatic heterocycles. The van der Waals surface area contributed by atoms with Gasteiger partial charge in [-0.25, -0.2) is 18.7 Å². The summed E-state index contributed by atoms with van der Waals surface area (Å²) in [7, 11) is 3.12. The highest BCUT2D eigenvalue weighted by atomic mass is 19.1. The van der Waals surface area contributed by atoms with Crippen molar-refractivity contribution in [3.8, 4) is 0 Å². The molecule has 0 radical (unpaired) electrons. The second-order valence-electron chi connectivity index (χ2n) is 16.0. The summed E-state index contributed by atoms with van der Waals surface area (Å²) in [6.07, 6.45) is -4.43. The van der Waals surface area contributed by atoms with E-state index in [2.05, 4.69) is 4.99 Å². The first-order chi connectivity index (χ1) is 23.4. The number of Topliss-reactive ketones (excluding diaryl/α,β-unsaturated/α-hetero) is 2. The highest BCUT2D eigenvalue weighted by molar-refractivity contribution is 6.08. The Morgan fingerprint density at radius 2 is 1.67 bits per heavy atom. The molecule has 3 aliphatic rings. The zero-order valence-electron chi connectivity index (χ0n) is 32.2. The molecule has 0 spiro atoms. The number of carbonyl (C=O) groups excluding carboxylic acids is 4. The number of aliphatic hydroxyl groups is 1. The Morgan fingerprint density at radius 3 is 2.24 bits per heavy atom. The maximum atomic E-state index is 16.6. The first kappa shape index (κ1) is 42.8. The third-order valence-electron chi connectivity index (χ3n) is 11.6. The highest BCUT2D eigenvalue weighted by Crippen LogP contribution is 2.43. The Labute approximate surface area is 301 Å². The zero-order valence-corrected chi connectivity index (χ0v) is 32.2. The average Bonchev–Trinajstić information content (AvgIpc) is 3.06. The molecule has 290 valence electrons. The predicted octanol–water partition coefficient (Wildman–Crippen LogP) is 4.83. The Morgan fingerprint density at radius 1 is 1.04 bits per heavy atom. The van der Waals surface area contributed by atoms with Crippen molar-refractivity contribution in [1.29, 1.82) is 0 Å². The van der Waals surface area contributed by atoms with Crippen molar-refractivity contribution in [3.63, 3.8) is 0 Å². The first-order valence-corrected chi connectivity index (χ1v) is 18.2. The minimum absolute atomic E-state index is 0.0324. The van der Waals surface area contributed by atoms with Crippen LogP contribution in [-0.4, -0.2) is 118 Å². The number of rotatable bonds is 5. The van der Waals surface area contributed by atoms with E-state index in [1.807, 2.05) is 6.92 Å². The average molecular weight is 728 g/mol. The third kappa shape index (κ3) is 9.12. The molecule has 2 N–H and O–H groups in total. The van der Waals surface area contributed by atoms with Crippen LogP contribution in [0.5, 0.6) is 0 Å². The normalized spacial score (nSPS) is 41.6. The number of hydrogen-bond donors (Lipinski definition) is 2. The number of nitrogens with zero attached hydrogens (tertiary/aromatic N) is 2. The number of ketones is 2. The standard InChI is InChI=1S/C37H59FN2O11/c1-12-27-37(9,47)26-15-14-25(41)19-48-35(7,18-20(3)30(22(26)5)39-28(42)13-2)32(23(6)31(43)36(8,38)33(44)50-27)51-29-17-24(16-21(4)49-29)40(10,11)34(45)46/h20-24,26-27,29,32,47H,12-19H2,1-11H3/p+1/t20-,21-,22-,23+,24+,26-,27-,29+,32-,35-,36+,37+/m1/s1. The number of cyclic esters (lactones) is 1. The molecule has 0 saturated carbocycles. The second-order valence-corrected chi connectivity index (χ2v) is 16.0. The summed E-state index contributed by atoms with van der Waals surface area (Å²) in [6, 6.07) is -0.459. The maximum Gasteiger partial charge on any atom is 0.513 e. The minimum atomic E-state index is -3.18. The van der Waals surface area contributed by atoms with Gasteiger partial charge in [-0.3, -0.25) is 14.4 Å². The lowest BCUT2D eigenvalue weighted by atomic mass is 9.68. The molecule has 13 nitrogen and oxygen atoms in total. The number of carbonyl (C=O) groups is 5. The SMILES string of the molecule is CCC(=O)N=C1[C@H](C)C[C@@]2(C)OCC(=O)CC[C@H]([C@H]1C)[C@](C)(O)[C@@H](CC)OC(=O)[C@@](C)(F)C(=O)[C@H](C)[C@H]2O[C@H]1C[C@@H]([N+](C)(C)C(=O)O)C[C@@H](C)O1. The molecular weight excluding hydrogens is 667 g/mol. The topological polar surface area (TPSA) is 175 Å². The Hall–Kier alpha value is -2.65. The van der Waals surface area contributed by atoms with E-state index >= 15 is 4.39 Å². The quantitative estimate of drug-likeness (QED) is 0.225. The maximum absolute atomic E-state index is 16.6. The van der Waals surface area contributed by atoms with Gasteiger partial charge >= 0.3 is 12.1 Å². The van der Waals surface area contributed by atoms with Crippen LogP contribution >= 0.6 is 0 Å². The van der Waals surface area contributed by atoms with Crippen molar-refractivity contribution in [1.82, 2.24) is 0 Å². The molecule has 0 aromatic carbocycles. The summed E-state index contributed by atoms with van der Waals surface area (Å²) in [6.45, 7) is 13.7. The number of halogens is 1. The van der Waals surface area contributed by atoms with Crippen molar-refractivity contribution in [2.24, 2.45) is 28.7 Å². The van der Waals surface area contributed by atoms with E-state index < -0.39 is 102 Å². The summed E-state index contributed by atoms with van der Waals surface area (Å²) in [5.74, 6) is -6.71. The Bertz CT molecular complexity index is 1360. The number of amides is 2. The summed E-state index contributed by atoms with van der Waals surface area (Å²) in [5, 5.41) is 22.1. The Kier molecular flexibility index (Phi) is 13.5. The van der Waals surface area contributed by atoms with Crippen molar-refractivity contribution < 1.29 is 62.0 Å². The molecule has 3 saturated heterocycles. The third-order valence-corrected chi connectivity index (χ3v) is 11.6. The predicted molar refractivity (Wildman–Crippen MR) is 185 cm³/mol. The molecule has 2 amide bonds. The number of carboxylic acid groups (broad SMARTS) is 1. The number of ether oxygens (including phenoxy) is 4. The fourth-order valence-corrected chi connectivity index (χ4v) is 8.30. The van der Waals surface area contributed by atoms with Gasteiger partial charge in [-0.2, -0.15) is 4.79 Å². The molecule has 3 heterocycles. The molecule has 14 heteroatoms. The second kappa shape index (κ2) is 16.2. The van der Waals surface area contributed by atoms with E-state index in [-0.39, 0.29) is 48.8 Å². The van der Waals surface area contributed by atoms with Crippen LogP contribution in [0.15, 0.2) is 4.99 Å². The molecule has 0 aromatic rings. The lowest BCUT2D eigenvalue weighted by molar-refractivity contribution is -0.847. The van der Waals surface area contributed by atoms with Gasteiger partial charge in [0.05, 0.1) is 38.3 Å². The van der Waals surface area contributed by atoms with Gasteiger partial charge in [0.1, 0.15) is 24.4 Å². The van der Waals surface area contributed by atoms with Gasteiger partial charge in [-0.05, 0) is 58.8 Å². The van der Waals surface area contributed by atoms with Crippen LogP contribution in [-0.2, 0) is 38.1 Å². The van der Waals surface area contributed by atoms with Crippen LogP contribution < -0.4 is 0 Å². The van der Waals surface area contributed by atoms with Gasteiger partial charge in [-0.15, -0.1) is 0 Å². The number of quaternary nitrogens is 1. The van der Waals surface area contributed by atoms with E-state index in [9.17, 15) is 34.2 Å². The van der Waals surface area contributed by atoms with E-state index in [1.165, 1.54) is 13.8 Å². The van der Waals surface area contributed by atoms with Crippen LogP contribution in [0.1, 0.15) is 107 Å². The molecule has 51 heavy (non-hydrogen) atoms. The van der Waals surface area contributed by atoms with E-state index in [0.717, 1.165) is 6.92 Å². The Balaban J connectivity index is 2.32. The van der Waals surface area contributed by atoms with E-state index in [4.69, 9.17) is 18.9 Å². The number of aliphatic imine (C=N–C) groups is 1. The lowest BCUT2D eigenvalue weighted by Gasteiger charge is -2.47. The van der Waals surface area contributed by atoms with Crippen LogP contribution in [0.3, 0.4) is 0 Å². The fraction of sp³-hybridized carbons (Fsp3) is 0.838.